The number of ether oxygens (including phenoxy) is 1. The monoisotopic (exact) mass is 1700 g/mol. The molecule has 0 radical (unpaired) electrons. The Morgan fingerprint density at radius 2 is 0.967 bits per heavy atom. The number of phenols is 1. The van der Waals surface area contributed by atoms with Gasteiger partial charge in [-0.2, -0.15) is 0 Å². The first-order valence-electron chi connectivity index (χ1n) is 39.0. The van der Waals surface area contributed by atoms with Gasteiger partial charge in [-0.15, -0.1) is 0 Å². The van der Waals surface area contributed by atoms with Gasteiger partial charge in [-0.25, -0.2) is 0 Å². The fourth-order valence-corrected chi connectivity index (χ4v) is 12.6. The summed E-state index contributed by atoms with van der Waals surface area (Å²) in [6.45, 7) is 6.44. The quantitative estimate of drug-likeness (QED) is 0.0185. The SMILES string of the molecule is CC(C)C[C@H](NC(=O)[C@H](Cc1ccccc1)NC(=O)CNC(=O)CNC(=O)[C@H](Cc1ccc(O)cc1)NC(=O)CN)C(=O)NCC(=O)OCCCSC(=O)CNC(=O)[C@@H](NC(=O)[C@@H]1CCCN1C(=O)[C@H](CC(N)=O)NC(=O)CNC(=O)[C@@H](NC(=O)CNC(=O)[C@H](CCC(N)=O)NC(=O)[C@@H](NC(=O)[C@@H](N)Cc1ccccc1)[C@@H](C)O)C(C)C)C(C)C. The predicted molar refractivity (Wildman–Crippen MR) is 433 cm³/mol. The number of aromatic hydroxyl groups is 1. The van der Waals surface area contributed by atoms with Gasteiger partial charge in [0.1, 0.15) is 66.7 Å². The Hall–Kier alpha value is -12.2. The summed E-state index contributed by atoms with van der Waals surface area (Å²) < 4.78 is 5.26. The summed E-state index contributed by atoms with van der Waals surface area (Å²) in [5.41, 5.74) is 24.2. The molecule has 1 fully saturated rings. The van der Waals surface area contributed by atoms with Crippen molar-refractivity contribution in [2.24, 2.45) is 40.7 Å². The molecule has 1 aliphatic heterocycles. The molecule has 41 nitrogen and oxygen atoms in total. The van der Waals surface area contributed by atoms with E-state index in [2.05, 4.69) is 74.4 Å². The zero-order valence-corrected chi connectivity index (χ0v) is 68.8. The molecule has 0 aliphatic carbocycles. The highest BCUT2D eigenvalue weighted by Gasteiger charge is 2.41. The van der Waals surface area contributed by atoms with E-state index in [0.29, 0.717) is 16.7 Å². The largest absolute Gasteiger partial charge is 0.508 e. The summed E-state index contributed by atoms with van der Waals surface area (Å²) in [5, 5.41) is 53.7. The van der Waals surface area contributed by atoms with E-state index in [9.17, 15) is 101 Å². The van der Waals surface area contributed by atoms with Crippen molar-refractivity contribution in [3.8, 4) is 5.75 Å². The average Bonchev–Trinajstić information content (AvgIpc) is 1.65. The second-order valence-electron chi connectivity index (χ2n) is 29.4. The number of carbonyl (C=O) groups excluding carboxylic acids is 19. The summed E-state index contributed by atoms with van der Waals surface area (Å²) in [6.07, 6.45) is -2.45. The van der Waals surface area contributed by atoms with Crippen molar-refractivity contribution in [3.63, 3.8) is 0 Å². The van der Waals surface area contributed by atoms with Crippen LogP contribution in [0.25, 0.3) is 0 Å². The smallest absolute Gasteiger partial charge is 0.325 e. The lowest BCUT2D eigenvalue weighted by atomic mass is 10.0. The van der Waals surface area contributed by atoms with Gasteiger partial charge in [-0.05, 0) is 92.0 Å². The fraction of sp³-hybridized carbons (Fsp3) is 0.526. The molecule has 17 amide bonds. The molecule has 1 saturated heterocycles. The molecule has 0 aromatic heterocycles. The number of phenolic OH excluding ortho intramolecular Hbond substituents is 1. The molecule has 0 unspecified atom stereocenters. The van der Waals surface area contributed by atoms with E-state index in [-0.39, 0.29) is 81.9 Å². The van der Waals surface area contributed by atoms with E-state index < -0.39 is 249 Å². The van der Waals surface area contributed by atoms with Gasteiger partial charge >= 0.3 is 5.97 Å². The number of aliphatic hydroxyl groups is 1. The van der Waals surface area contributed by atoms with Gasteiger partial charge < -0.3 is 117 Å². The van der Waals surface area contributed by atoms with Crippen molar-refractivity contribution in [3.05, 3.63) is 102 Å². The van der Waals surface area contributed by atoms with Crippen molar-refractivity contribution in [1.29, 1.82) is 0 Å². The second kappa shape index (κ2) is 51.9. The molecule has 0 spiro atoms. The second-order valence-corrected chi connectivity index (χ2v) is 30.6. The first kappa shape index (κ1) is 100. The number of amides is 17. The van der Waals surface area contributed by atoms with E-state index >= 15 is 0 Å². The van der Waals surface area contributed by atoms with Crippen molar-refractivity contribution in [2.45, 2.75) is 179 Å². The number of carbonyl (C=O) groups is 19. The minimum Gasteiger partial charge on any atom is -0.508 e. The van der Waals surface area contributed by atoms with Crippen LogP contribution in [0.3, 0.4) is 0 Å². The zero-order chi connectivity index (χ0) is 89.3. The van der Waals surface area contributed by atoms with Crippen LogP contribution in [0.15, 0.2) is 84.9 Å². The van der Waals surface area contributed by atoms with Crippen LogP contribution in [0, 0.1) is 17.8 Å². The van der Waals surface area contributed by atoms with E-state index in [1.165, 1.54) is 32.9 Å². The number of nitrogens with one attached hydrogen (secondary N) is 14. The Kier molecular flexibility index (Phi) is 43.3. The third-order valence-corrected chi connectivity index (χ3v) is 19.2. The molecule has 120 heavy (non-hydrogen) atoms. The number of benzene rings is 3. The number of esters is 1. The number of thioether (sulfide) groups is 1. The number of nitrogens with zero attached hydrogens (tertiary/aromatic N) is 1. The first-order valence-corrected chi connectivity index (χ1v) is 40.0. The molecule has 658 valence electrons. The van der Waals surface area contributed by atoms with Gasteiger partial charge in [0.05, 0.1) is 64.4 Å². The Balaban J connectivity index is 1.22. The van der Waals surface area contributed by atoms with Gasteiger partial charge in [-0.3, -0.25) is 91.1 Å². The van der Waals surface area contributed by atoms with Crippen LogP contribution in [0.1, 0.15) is 110 Å². The van der Waals surface area contributed by atoms with E-state index in [4.69, 9.17) is 27.7 Å². The predicted octanol–water partition coefficient (Wildman–Crippen LogP) is -6.65. The lowest BCUT2D eigenvalue weighted by Gasteiger charge is -2.30. The molecule has 11 atom stereocenters. The number of likely N-dealkylation sites (tertiary alicyclic amines) is 1. The maximum Gasteiger partial charge on any atom is 0.325 e. The first-order chi connectivity index (χ1) is 56.7. The average molecular weight is 1700 g/mol. The Labute approximate surface area is 697 Å². The highest BCUT2D eigenvalue weighted by atomic mass is 32.2. The molecule has 24 N–H and O–H groups in total. The Bertz CT molecular complexity index is 4050. The molecule has 3 aromatic rings. The van der Waals surface area contributed by atoms with E-state index in [1.54, 1.807) is 100 Å². The summed E-state index contributed by atoms with van der Waals surface area (Å²) in [7, 11) is 0. The van der Waals surface area contributed by atoms with Gasteiger partial charge in [0, 0.05) is 31.6 Å². The Morgan fingerprint density at radius 3 is 1.52 bits per heavy atom. The number of primary amides is 2. The van der Waals surface area contributed by atoms with Gasteiger partial charge in [0.2, 0.25) is 106 Å². The Morgan fingerprint density at radius 1 is 0.483 bits per heavy atom. The van der Waals surface area contributed by atoms with Crippen LogP contribution >= 0.6 is 11.8 Å². The van der Waals surface area contributed by atoms with Gasteiger partial charge in [-0.1, -0.05) is 126 Å². The lowest BCUT2D eigenvalue weighted by Crippen LogP contribution is -2.59. The van der Waals surface area contributed by atoms with Crippen LogP contribution in [-0.4, -0.2) is 258 Å². The van der Waals surface area contributed by atoms with E-state index in [0.717, 1.165) is 16.7 Å². The minimum atomic E-state index is -1.66. The van der Waals surface area contributed by atoms with Crippen molar-refractivity contribution >= 4 is 123 Å². The summed E-state index contributed by atoms with van der Waals surface area (Å²) >= 11 is 0.798. The van der Waals surface area contributed by atoms with Crippen LogP contribution in [0.2, 0.25) is 0 Å². The minimum absolute atomic E-state index is 0.0112. The number of aliphatic hydroxyl groups excluding tert-OH is 1. The number of rotatable bonds is 51. The third-order valence-electron chi connectivity index (χ3n) is 18.2. The molecule has 0 saturated carbocycles. The lowest BCUT2D eigenvalue weighted by molar-refractivity contribution is -0.144. The molecule has 4 rings (SSSR count). The molecule has 0 bridgehead atoms. The molecule has 1 aliphatic rings. The van der Waals surface area contributed by atoms with Crippen LogP contribution in [0.4, 0.5) is 0 Å². The summed E-state index contributed by atoms with van der Waals surface area (Å²) in [5.74, 6) is -16.7. The van der Waals surface area contributed by atoms with E-state index in [1.807, 2.05) is 0 Å². The summed E-state index contributed by atoms with van der Waals surface area (Å²) in [6, 6.07) is 9.72. The highest BCUT2D eigenvalue weighted by molar-refractivity contribution is 8.13. The van der Waals surface area contributed by atoms with Crippen LogP contribution in [0.5, 0.6) is 5.75 Å². The summed E-state index contributed by atoms with van der Waals surface area (Å²) in [4.78, 5) is 251. The van der Waals surface area contributed by atoms with Crippen LogP contribution in [-0.2, 0) is 115 Å². The standard InChI is InChI=1S/C78H113N19O22S/c1-42(2)30-52(93-73(113)54(32-47-18-12-9-13-19-47)90-61(104)37-83-60(103)36-84-72(112)53(89-59(102)35-79)33-48-21-23-49(99)24-22-48)71(111)87-40-64(107)119-28-15-29-120-65(108)41-88-76(116)67(44(5)6)95-74(114)56-20-14-27-97(56)78(118)55(34-58(82)101)91-62(105)38-86-75(115)66(43(3)4)94-63(106)39-85-70(110)51(25-26-57(81)100)92-77(117)68(45(7)98)96-69(109)50(80)31-46-16-10-8-11-17-46/h8-13,16-19,21-24,42-45,50-56,66-68,98-99H,14-15,20,25-41,79-80H2,1-7H3,(H2,81,100)(H2,82,101)(H,83,103)(H,84,112)(H,85,110)(H,86,115)(H,87,111)(H,88,116)(H,89,102)(H,90,104)(H,91,105)(H,92,117)(H,93,113)(H,94,106)(H,95,114)(H,96,109)/t45-,50+,51+,52+,53+,54+,55+,56+,66+,67+,68+/m1/s1. The maximum absolute atomic E-state index is 14.1. The van der Waals surface area contributed by atoms with Gasteiger partial charge in [0.15, 0.2) is 0 Å². The number of hydrogen-bond donors (Lipinski definition) is 20. The van der Waals surface area contributed by atoms with Gasteiger partial charge in [0.25, 0.3) is 0 Å². The van der Waals surface area contributed by atoms with Crippen LogP contribution < -0.4 is 97.4 Å². The zero-order valence-electron chi connectivity index (χ0n) is 68.0. The molecular weight excluding hydrogens is 1590 g/mol. The number of nitrogens with two attached hydrogens (primary N) is 4. The topological polar surface area (TPSA) is 650 Å². The van der Waals surface area contributed by atoms with Crippen molar-refractivity contribution in [1.82, 2.24) is 79.3 Å². The van der Waals surface area contributed by atoms with Crippen molar-refractivity contribution in [2.75, 3.05) is 64.7 Å². The fourth-order valence-electron chi connectivity index (χ4n) is 11.9. The molecule has 3 aromatic carbocycles. The highest BCUT2D eigenvalue weighted by Crippen LogP contribution is 2.21. The third kappa shape index (κ3) is 37.2. The molecular formula is C78H113N19O22S. The normalized spacial score (nSPS) is 14.8. The van der Waals surface area contributed by atoms with Crippen molar-refractivity contribution < 1.29 is 106 Å². The molecule has 42 heteroatoms. The molecule has 1 heterocycles. The maximum atomic E-state index is 14.1. The number of hydrogen-bond acceptors (Lipinski definition) is 25.